The first-order chi connectivity index (χ1) is 7.51. The van der Waals surface area contributed by atoms with E-state index in [1.54, 1.807) is 0 Å². The zero-order chi connectivity index (χ0) is 11.8. The molecule has 0 amide bonds. The van der Waals surface area contributed by atoms with E-state index in [0.29, 0.717) is 0 Å². The van der Waals surface area contributed by atoms with E-state index in [0.717, 1.165) is 37.2 Å². The van der Waals surface area contributed by atoms with Crippen LogP contribution in [0.25, 0.3) is 0 Å². The lowest BCUT2D eigenvalue weighted by Gasteiger charge is -2.36. The van der Waals surface area contributed by atoms with Gasteiger partial charge in [0.1, 0.15) is 0 Å². The summed E-state index contributed by atoms with van der Waals surface area (Å²) in [6.07, 6.45) is 4.12. The molecule has 16 heavy (non-hydrogen) atoms. The summed E-state index contributed by atoms with van der Waals surface area (Å²) in [6.45, 7) is 6.48. The third-order valence-corrected chi connectivity index (χ3v) is 4.00. The van der Waals surface area contributed by atoms with Crippen molar-refractivity contribution >= 4 is 0 Å². The van der Waals surface area contributed by atoms with Crippen LogP contribution in [0.4, 0.5) is 0 Å². The van der Waals surface area contributed by atoms with Crippen LogP contribution in [0.5, 0.6) is 0 Å². The molecule has 0 aliphatic heterocycles. The molecule has 1 aliphatic rings. The van der Waals surface area contributed by atoms with Gasteiger partial charge in [-0.25, -0.2) is 0 Å². The molecule has 0 heterocycles. The van der Waals surface area contributed by atoms with Crippen LogP contribution in [0.2, 0.25) is 0 Å². The normalized spacial score (nSPS) is 30.4. The third-order valence-electron chi connectivity index (χ3n) is 4.00. The van der Waals surface area contributed by atoms with E-state index in [4.69, 9.17) is 0 Å². The predicted octanol–water partition coefficient (Wildman–Crippen LogP) is 3.70. The van der Waals surface area contributed by atoms with E-state index < -0.39 is 5.60 Å². The molecule has 0 unspecified atom stereocenters. The van der Waals surface area contributed by atoms with E-state index in [1.165, 1.54) is 11.1 Å². The molecule has 0 aromatic heterocycles. The van der Waals surface area contributed by atoms with Gasteiger partial charge in [0, 0.05) is 0 Å². The minimum Gasteiger partial charge on any atom is -0.385 e. The second-order valence-corrected chi connectivity index (χ2v) is 5.53. The van der Waals surface area contributed by atoms with Crippen molar-refractivity contribution in [2.45, 2.75) is 52.1 Å². The molecular formula is C15H22O. The molecule has 1 heteroatoms. The minimum absolute atomic E-state index is 0.567. The van der Waals surface area contributed by atoms with Gasteiger partial charge in [0.05, 0.1) is 5.60 Å². The highest BCUT2D eigenvalue weighted by Crippen LogP contribution is 2.40. The number of hydrogen-bond donors (Lipinski definition) is 1. The zero-order valence-electron chi connectivity index (χ0n) is 10.6. The first kappa shape index (κ1) is 11.7. The van der Waals surface area contributed by atoms with Crippen LogP contribution < -0.4 is 0 Å². The van der Waals surface area contributed by atoms with Gasteiger partial charge < -0.3 is 5.11 Å². The molecule has 1 aromatic rings. The molecule has 1 aliphatic carbocycles. The van der Waals surface area contributed by atoms with Crippen molar-refractivity contribution in [3.8, 4) is 0 Å². The highest BCUT2D eigenvalue weighted by atomic mass is 16.3. The number of aliphatic hydroxyl groups is 1. The summed E-state index contributed by atoms with van der Waals surface area (Å²) in [5.41, 5.74) is 3.05. The highest BCUT2D eigenvalue weighted by Gasteiger charge is 2.34. The SMILES string of the molecule is Cc1ccc(C)c(C2(O)CCC(C)CC2)c1. The third kappa shape index (κ3) is 2.15. The van der Waals surface area contributed by atoms with E-state index in [9.17, 15) is 5.11 Å². The molecule has 2 rings (SSSR count). The molecule has 88 valence electrons. The average molecular weight is 218 g/mol. The van der Waals surface area contributed by atoms with Gasteiger partial charge >= 0.3 is 0 Å². The molecule has 1 saturated carbocycles. The Balaban J connectivity index is 2.32. The molecule has 0 radical (unpaired) electrons. The van der Waals surface area contributed by atoms with Crippen LogP contribution in [0.1, 0.15) is 49.3 Å². The Labute approximate surface area is 98.5 Å². The van der Waals surface area contributed by atoms with Gasteiger partial charge in [-0.15, -0.1) is 0 Å². The molecule has 0 saturated heterocycles. The van der Waals surface area contributed by atoms with Crippen LogP contribution >= 0.6 is 0 Å². The van der Waals surface area contributed by atoms with E-state index in [1.807, 2.05) is 0 Å². The van der Waals surface area contributed by atoms with Crippen molar-refractivity contribution in [3.05, 3.63) is 34.9 Å². The first-order valence-electron chi connectivity index (χ1n) is 6.31. The molecular weight excluding hydrogens is 196 g/mol. The van der Waals surface area contributed by atoms with Crippen LogP contribution in [0.15, 0.2) is 18.2 Å². The lowest BCUT2D eigenvalue weighted by atomic mass is 9.74. The lowest BCUT2D eigenvalue weighted by molar-refractivity contribution is -0.0125. The Kier molecular flexibility index (Phi) is 3.07. The standard InChI is InChI=1S/C15H22O/c1-11-6-8-15(16,9-7-11)14-10-12(2)4-5-13(14)3/h4-5,10-11,16H,6-9H2,1-3H3. The van der Waals surface area contributed by atoms with E-state index in [-0.39, 0.29) is 0 Å². The second kappa shape index (κ2) is 4.21. The van der Waals surface area contributed by atoms with Crippen molar-refractivity contribution in [2.75, 3.05) is 0 Å². The van der Waals surface area contributed by atoms with Gasteiger partial charge in [0.15, 0.2) is 0 Å². The van der Waals surface area contributed by atoms with Gasteiger partial charge in [-0.05, 0) is 56.6 Å². The van der Waals surface area contributed by atoms with Gasteiger partial charge in [-0.3, -0.25) is 0 Å². The summed E-state index contributed by atoms with van der Waals surface area (Å²) in [4.78, 5) is 0. The summed E-state index contributed by atoms with van der Waals surface area (Å²) in [5.74, 6) is 0.769. The maximum Gasteiger partial charge on any atom is 0.0899 e. The molecule has 0 bridgehead atoms. The number of hydrogen-bond acceptors (Lipinski definition) is 1. The number of aryl methyl sites for hydroxylation is 2. The van der Waals surface area contributed by atoms with Crippen LogP contribution in [-0.2, 0) is 5.60 Å². The lowest BCUT2D eigenvalue weighted by Crippen LogP contribution is -2.31. The average Bonchev–Trinajstić information content (AvgIpc) is 2.26. The maximum atomic E-state index is 10.8. The molecule has 0 spiro atoms. The summed E-state index contributed by atoms with van der Waals surface area (Å²) in [5, 5.41) is 10.8. The van der Waals surface area contributed by atoms with Crippen molar-refractivity contribution in [2.24, 2.45) is 5.92 Å². The Morgan fingerprint density at radius 2 is 1.81 bits per heavy atom. The summed E-state index contributed by atoms with van der Waals surface area (Å²) >= 11 is 0. The predicted molar refractivity (Wildman–Crippen MR) is 67.4 cm³/mol. The molecule has 1 aromatic carbocycles. The Hall–Kier alpha value is -0.820. The topological polar surface area (TPSA) is 20.2 Å². The highest BCUT2D eigenvalue weighted by molar-refractivity contribution is 5.35. The second-order valence-electron chi connectivity index (χ2n) is 5.53. The minimum atomic E-state index is -0.567. The van der Waals surface area contributed by atoms with Crippen LogP contribution in [-0.4, -0.2) is 5.11 Å². The van der Waals surface area contributed by atoms with E-state index in [2.05, 4.69) is 39.0 Å². The fraction of sp³-hybridized carbons (Fsp3) is 0.600. The summed E-state index contributed by atoms with van der Waals surface area (Å²) in [6, 6.07) is 6.40. The van der Waals surface area contributed by atoms with Crippen LogP contribution in [0.3, 0.4) is 0 Å². The van der Waals surface area contributed by atoms with Crippen molar-refractivity contribution < 1.29 is 5.11 Å². The monoisotopic (exact) mass is 218 g/mol. The van der Waals surface area contributed by atoms with Gasteiger partial charge in [0.25, 0.3) is 0 Å². The van der Waals surface area contributed by atoms with Gasteiger partial charge in [-0.2, -0.15) is 0 Å². The van der Waals surface area contributed by atoms with Crippen molar-refractivity contribution in [1.29, 1.82) is 0 Å². The Morgan fingerprint density at radius 3 is 2.44 bits per heavy atom. The maximum absolute atomic E-state index is 10.8. The largest absolute Gasteiger partial charge is 0.385 e. The van der Waals surface area contributed by atoms with Gasteiger partial charge in [0.2, 0.25) is 0 Å². The van der Waals surface area contributed by atoms with Crippen LogP contribution in [0, 0.1) is 19.8 Å². The Morgan fingerprint density at radius 1 is 1.19 bits per heavy atom. The smallest absolute Gasteiger partial charge is 0.0899 e. The van der Waals surface area contributed by atoms with Crippen molar-refractivity contribution in [3.63, 3.8) is 0 Å². The zero-order valence-corrected chi connectivity index (χ0v) is 10.6. The first-order valence-corrected chi connectivity index (χ1v) is 6.31. The van der Waals surface area contributed by atoms with E-state index >= 15 is 0 Å². The molecule has 1 fully saturated rings. The Bertz CT molecular complexity index is 373. The summed E-state index contributed by atoms with van der Waals surface area (Å²) < 4.78 is 0. The summed E-state index contributed by atoms with van der Waals surface area (Å²) in [7, 11) is 0. The molecule has 1 N–H and O–H groups in total. The number of rotatable bonds is 1. The van der Waals surface area contributed by atoms with Gasteiger partial charge in [-0.1, -0.05) is 30.7 Å². The fourth-order valence-electron chi connectivity index (χ4n) is 2.75. The fourth-order valence-corrected chi connectivity index (χ4v) is 2.75. The quantitative estimate of drug-likeness (QED) is 0.762. The molecule has 1 nitrogen and oxygen atoms in total. The number of benzene rings is 1. The molecule has 0 atom stereocenters. The van der Waals surface area contributed by atoms with Crippen molar-refractivity contribution in [1.82, 2.24) is 0 Å².